The monoisotopic (exact) mass is 149 g/mol. The minimum atomic E-state index is -1.13. The molecule has 0 saturated carbocycles. The van der Waals surface area contributed by atoms with Gasteiger partial charge in [-0.05, 0) is 0 Å². The van der Waals surface area contributed by atoms with Crippen LogP contribution in [0.1, 0.15) is 6.92 Å². The van der Waals surface area contributed by atoms with Crippen molar-refractivity contribution in [2.75, 3.05) is 19.9 Å². The molecule has 0 heterocycles. The zero-order valence-electron chi connectivity index (χ0n) is 5.73. The fourth-order valence-electron chi connectivity index (χ4n) is 0.343. The van der Waals surface area contributed by atoms with Crippen LogP contribution >= 0.6 is 0 Å². The highest BCUT2D eigenvalue weighted by molar-refractivity contribution is 5.33. The first kappa shape index (κ1) is 9.24. The fraction of sp³-hybridized carbons (Fsp3) is 0.833. The van der Waals surface area contributed by atoms with E-state index in [9.17, 15) is 13.6 Å². The van der Waals surface area contributed by atoms with Crippen molar-refractivity contribution in [1.82, 2.24) is 0 Å². The largest absolute Gasteiger partial charge is 0.250 e. The summed E-state index contributed by atoms with van der Waals surface area (Å²) < 4.78 is 23.9. The molecule has 0 spiro atoms. The highest BCUT2D eigenvalue weighted by Gasteiger charge is 2.23. The van der Waals surface area contributed by atoms with Crippen LogP contribution in [0.2, 0.25) is 0 Å². The molecule has 0 radical (unpaired) electrons. The van der Waals surface area contributed by atoms with Gasteiger partial charge in [0.15, 0.2) is 0 Å². The summed E-state index contributed by atoms with van der Waals surface area (Å²) in [6, 6.07) is 0. The second-order valence-corrected chi connectivity index (χ2v) is 2.49. The molecule has 0 aliphatic carbocycles. The summed E-state index contributed by atoms with van der Waals surface area (Å²) in [5.74, 6) is 0. The second kappa shape index (κ2) is 4.12. The van der Waals surface area contributed by atoms with E-state index in [1.54, 1.807) is 0 Å². The SMILES string of the molecule is CC(CF)(CF)CN=C=O. The van der Waals surface area contributed by atoms with Crippen LogP contribution in [0.4, 0.5) is 8.78 Å². The Bertz CT molecular complexity index is 139. The number of rotatable bonds is 4. The van der Waals surface area contributed by atoms with Gasteiger partial charge in [-0.2, -0.15) is 0 Å². The molecule has 0 aliphatic heterocycles. The fourth-order valence-corrected chi connectivity index (χ4v) is 0.343. The number of nitrogens with zero attached hydrogens (tertiary/aromatic N) is 1. The predicted octanol–water partition coefficient (Wildman–Crippen LogP) is 1.27. The standard InChI is InChI=1S/C6H9F2NO/c1-6(2-7,3-8)4-9-5-10/h2-4H2,1H3. The highest BCUT2D eigenvalue weighted by atomic mass is 19.1. The number of carbonyl (C=O) groups excluding carboxylic acids is 1. The van der Waals surface area contributed by atoms with Gasteiger partial charge in [0.2, 0.25) is 6.08 Å². The van der Waals surface area contributed by atoms with Crippen molar-refractivity contribution < 1.29 is 13.6 Å². The van der Waals surface area contributed by atoms with Crippen LogP contribution in [0.3, 0.4) is 0 Å². The summed E-state index contributed by atoms with van der Waals surface area (Å²) in [7, 11) is 0. The minimum absolute atomic E-state index is 0.135. The molecule has 0 aliphatic rings. The summed E-state index contributed by atoms with van der Waals surface area (Å²) in [4.78, 5) is 12.6. The zero-order chi connectivity index (χ0) is 8.04. The van der Waals surface area contributed by atoms with Crippen LogP contribution in [-0.4, -0.2) is 26.0 Å². The van der Waals surface area contributed by atoms with Crippen LogP contribution in [0.25, 0.3) is 0 Å². The molecule has 0 unspecified atom stereocenters. The topological polar surface area (TPSA) is 29.4 Å². The van der Waals surface area contributed by atoms with Crippen molar-refractivity contribution in [2.45, 2.75) is 6.92 Å². The third kappa shape index (κ3) is 2.69. The molecular weight excluding hydrogens is 140 g/mol. The summed E-state index contributed by atoms with van der Waals surface area (Å²) in [6.07, 6.45) is 1.23. The summed E-state index contributed by atoms with van der Waals surface area (Å²) in [5.41, 5.74) is -1.13. The smallest absolute Gasteiger partial charge is 0.234 e. The third-order valence-electron chi connectivity index (χ3n) is 1.17. The maximum absolute atomic E-state index is 11.9. The van der Waals surface area contributed by atoms with Crippen LogP contribution in [0.5, 0.6) is 0 Å². The van der Waals surface area contributed by atoms with Gasteiger partial charge in [0.1, 0.15) is 0 Å². The second-order valence-electron chi connectivity index (χ2n) is 2.49. The van der Waals surface area contributed by atoms with Gasteiger partial charge in [-0.25, -0.2) is 9.79 Å². The lowest BCUT2D eigenvalue weighted by atomic mass is 9.95. The van der Waals surface area contributed by atoms with E-state index in [0.717, 1.165) is 0 Å². The first-order chi connectivity index (χ1) is 4.68. The first-order valence-electron chi connectivity index (χ1n) is 2.84. The zero-order valence-corrected chi connectivity index (χ0v) is 5.73. The van der Waals surface area contributed by atoms with E-state index in [2.05, 4.69) is 4.99 Å². The lowest BCUT2D eigenvalue weighted by Gasteiger charge is -2.17. The maximum Gasteiger partial charge on any atom is 0.234 e. The number of halogens is 2. The molecule has 0 aromatic carbocycles. The Kier molecular flexibility index (Phi) is 3.81. The molecular formula is C6H9F2NO. The summed E-state index contributed by atoms with van der Waals surface area (Å²) in [5, 5.41) is 0. The molecule has 0 amide bonds. The van der Waals surface area contributed by atoms with Gasteiger partial charge in [0.25, 0.3) is 0 Å². The Labute approximate surface area is 58.0 Å². The van der Waals surface area contributed by atoms with E-state index in [0.29, 0.717) is 0 Å². The Balaban J connectivity index is 3.92. The highest BCUT2D eigenvalue weighted by Crippen LogP contribution is 2.17. The number of hydrogen-bond acceptors (Lipinski definition) is 2. The number of aliphatic imine (C=N–C) groups is 1. The molecule has 0 N–H and O–H groups in total. The van der Waals surface area contributed by atoms with Crippen molar-refractivity contribution in [3.05, 3.63) is 0 Å². The minimum Gasteiger partial charge on any atom is -0.250 e. The van der Waals surface area contributed by atoms with Crippen molar-refractivity contribution >= 4 is 6.08 Å². The molecule has 58 valence electrons. The number of alkyl halides is 2. The molecule has 0 atom stereocenters. The average molecular weight is 149 g/mol. The van der Waals surface area contributed by atoms with Crippen LogP contribution in [0.15, 0.2) is 4.99 Å². The molecule has 0 rings (SSSR count). The lowest BCUT2D eigenvalue weighted by Crippen LogP contribution is -2.25. The van der Waals surface area contributed by atoms with Gasteiger partial charge in [-0.1, -0.05) is 6.92 Å². The summed E-state index contributed by atoms with van der Waals surface area (Å²) in [6.45, 7) is -0.374. The van der Waals surface area contributed by atoms with E-state index in [1.165, 1.54) is 13.0 Å². The van der Waals surface area contributed by atoms with Crippen LogP contribution in [-0.2, 0) is 4.79 Å². The van der Waals surface area contributed by atoms with Crippen LogP contribution < -0.4 is 0 Å². The van der Waals surface area contributed by atoms with Gasteiger partial charge in [-0.15, -0.1) is 0 Å². The van der Waals surface area contributed by atoms with Gasteiger partial charge in [0.05, 0.1) is 19.9 Å². The molecule has 4 heteroatoms. The van der Waals surface area contributed by atoms with Crippen molar-refractivity contribution in [1.29, 1.82) is 0 Å². The maximum atomic E-state index is 11.9. The van der Waals surface area contributed by atoms with E-state index >= 15 is 0 Å². The van der Waals surface area contributed by atoms with E-state index in [1.807, 2.05) is 0 Å². The third-order valence-corrected chi connectivity index (χ3v) is 1.17. The molecule has 10 heavy (non-hydrogen) atoms. The Morgan fingerprint density at radius 3 is 2.30 bits per heavy atom. The quantitative estimate of drug-likeness (QED) is 0.437. The van der Waals surface area contributed by atoms with E-state index in [-0.39, 0.29) is 6.54 Å². The van der Waals surface area contributed by atoms with Gasteiger partial charge in [-0.3, -0.25) is 8.78 Å². The van der Waals surface area contributed by atoms with Crippen molar-refractivity contribution in [2.24, 2.45) is 10.4 Å². The summed E-state index contributed by atoms with van der Waals surface area (Å²) >= 11 is 0. The predicted molar refractivity (Wildman–Crippen MR) is 33.0 cm³/mol. The van der Waals surface area contributed by atoms with E-state index < -0.39 is 18.8 Å². The molecule has 0 saturated heterocycles. The van der Waals surface area contributed by atoms with Gasteiger partial charge in [0, 0.05) is 5.41 Å². The van der Waals surface area contributed by atoms with Gasteiger partial charge < -0.3 is 0 Å². The molecule has 0 bridgehead atoms. The van der Waals surface area contributed by atoms with E-state index in [4.69, 9.17) is 0 Å². The van der Waals surface area contributed by atoms with Crippen molar-refractivity contribution in [3.63, 3.8) is 0 Å². The average Bonchev–Trinajstić information content (AvgIpc) is 2.00. The molecule has 0 aromatic rings. The molecule has 2 nitrogen and oxygen atoms in total. The molecule has 0 aromatic heterocycles. The van der Waals surface area contributed by atoms with Crippen molar-refractivity contribution in [3.8, 4) is 0 Å². The Morgan fingerprint density at radius 1 is 1.50 bits per heavy atom. The number of hydrogen-bond donors (Lipinski definition) is 0. The number of isocyanates is 1. The Hall–Kier alpha value is -0.760. The molecule has 0 fully saturated rings. The van der Waals surface area contributed by atoms with Crippen LogP contribution in [0, 0.1) is 5.41 Å². The van der Waals surface area contributed by atoms with Gasteiger partial charge >= 0.3 is 0 Å². The first-order valence-corrected chi connectivity index (χ1v) is 2.84. The Morgan fingerprint density at radius 2 is 2.00 bits per heavy atom. The lowest BCUT2D eigenvalue weighted by molar-refractivity contribution is 0.184. The normalized spacial score (nSPS) is 10.7.